The lowest BCUT2D eigenvalue weighted by Gasteiger charge is -2.27. The van der Waals surface area contributed by atoms with Crippen molar-refractivity contribution in [3.05, 3.63) is 125 Å². The van der Waals surface area contributed by atoms with E-state index in [1.807, 2.05) is 59.3 Å². The highest BCUT2D eigenvalue weighted by atomic mass is 79.9. The van der Waals surface area contributed by atoms with E-state index in [4.69, 9.17) is 0 Å². The van der Waals surface area contributed by atoms with Crippen LogP contribution in [0.15, 0.2) is 113 Å². The molecule has 0 radical (unpaired) electrons. The summed E-state index contributed by atoms with van der Waals surface area (Å²) in [5, 5.41) is 15.6. The van der Waals surface area contributed by atoms with Crippen LogP contribution < -0.4 is 5.43 Å². The molecule has 1 amide bonds. The minimum Gasteiger partial charge on any atom is -0.372 e. The van der Waals surface area contributed by atoms with Crippen molar-refractivity contribution in [3.63, 3.8) is 0 Å². The summed E-state index contributed by atoms with van der Waals surface area (Å²) >= 11 is 3.44. The molecule has 5 nitrogen and oxygen atoms in total. The van der Waals surface area contributed by atoms with Gasteiger partial charge in [-0.1, -0.05) is 76.6 Å². The summed E-state index contributed by atoms with van der Waals surface area (Å²) in [6.45, 7) is 0. The molecule has 0 aliphatic rings. The summed E-state index contributed by atoms with van der Waals surface area (Å²) in [7, 11) is 0. The Bertz CT molecular complexity index is 1150. The van der Waals surface area contributed by atoms with E-state index in [2.05, 4.69) is 26.5 Å². The first-order valence-electron chi connectivity index (χ1n) is 9.69. The predicted octanol–water partition coefficient (Wildman–Crippen LogP) is 4.63. The van der Waals surface area contributed by atoms with Crippen LogP contribution in [0.3, 0.4) is 0 Å². The van der Waals surface area contributed by atoms with Crippen molar-refractivity contribution in [2.45, 2.75) is 5.60 Å². The lowest BCUT2D eigenvalue weighted by Crippen LogP contribution is -2.43. The second-order valence-electron chi connectivity index (χ2n) is 6.92. The molecule has 0 bridgehead atoms. The van der Waals surface area contributed by atoms with E-state index < -0.39 is 11.5 Å². The zero-order valence-electron chi connectivity index (χ0n) is 16.5. The Hall–Kier alpha value is -3.48. The van der Waals surface area contributed by atoms with Gasteiger partial charge in [-0.15, -0.1) is 0 Å². The number of carbonyl (C=O) groups is 1. The van der Waals surface area contributed by atoms with Crippen LogP contribution in [-0.4, -0.2) is 21.8 Å². The minimum atomic E-state index is -1.87. The Labute approximate surface area is 188 Å². The average Bonchev–Trinajstić information content (AvgIpc) is 3.28. The molecule has 0 aliphatic carbocycles. The summed E-state index contributed by atoms with van der Waals surface area (Å²) in [6.07, 6.45) is 3.47. The van der Waals surface area contributed by atoms with Crippen molar-refractivity contribution in [3.8, 4) is 5.69 Å². The number of aromatic nitrogens is 1. The van der Waals surface area contributed by atoms with Crippen LogP contribution >= 0.6 is 15.9 Å². The van der Waals surface area contributed by atoms with Gasteiger partial charge in [0.2, 0.25) is 0 Å². The second kappa shape index (κ2) is 9.12. The summed E-state index contributed by atoms with van der Waals surface area (Å²) < 4.78 is 2.94. The van der Waals surface area contributed by atoms with Crippen molar-refractivity contribution >= 4 is 28.1 Å². The maximum Gasteiger partial charge on any atom is 0.281 e. The first-order chi connectivity index (χ1) is 15.1. The molecule has 2 N–H and O–H groups in total. The molecule has 0 aliphatic heterocycles. The van der Waals surface area contributed by atoms with E-state index in [1.54, 1.807) is 54.7 Å². The topological polar surface area (TPSA) is 66.6 Å². The molecule has 6 heteroatoms. The molecule has 1 heterocycles. The molecular formula is C25H20BrN3O2. The number of rotatable bonds is 6. The third-order valence-corrected chi connectivity index (χ3v) is 5.49. The Kier molecular flexibility index (Phi) is 6.11. The van der Waals surface area contributed by atoms with Gasteiger partial charge in [0.05, 0.1) is 11.9 Å². The van der Waals surface area contributed by atoms with Crippen LogP contribution in [0, 0.1) is 0 Å². The first kappa shape index (κ1) is 20.8. The quantitative estimate of drug-likeness (QED) is 0.316. The monoisotopic (exact) mass is 473 g/mol. The number of amides is 1. The Morgan fingerprint density at radius 1 is 0.871 bits per heavy atom. The number of aliphatic hydroxyl groups is 1. The fourth-order valence-electron chi connectivity index (χ4n) is 3.36. The number of nitrogens with one attached hydrogen (secondary N) is 1. The molecule has 0 atom stereocenters. The van der Waals surface area contributed by atoms with Gasteiger partial charge in [0.15, 0.2) is 5.60 Å². The van der Waals surface area contributed by atoms with Crippen LogP contribution in [0.4, 0.5) is 0 Å². The zero-order valence-corrected chi connectivity index (χ0v) is 18.1. The van der Waals surface area contributed by atoms with Gasteiger partial charge in [0, 0.05) is 16.4 Å². The van der Waals surface area contributed by atoms with Crippen LogP contribution in [0.25, 0.3) is 5.69 Å². The largest absolute Gasteiger partial charge is 0.372 e. The molecule has 4 aromatic rings. The Morgan fingerprint density at radius 2 is 1.45 bits per heavy atom. The summed E-state index contributed by atoms with van der Waals surface area (Å²) in [4.78, 5) is 13.1. The van der Waals surface area contributed by atoms with Gasteiger partial charge in [0.1, 0.15) is 0 Å². The van der Waals surface area contributed by atoms with E-state index >= 15 is 0 Å². The smallest absolute Gasteiger partial charge is 0.281 e. The third-order valence-electron chi connectivity index (χ3n) is 4.96. The van der Waals surface area contributed by atoms with E-state index in [9.17, 15) is 9.90 Å². The fourth-order valence-corrected chi connectivity index (χ4v) is 3.63. The maximum atomic E-state index is 13.1. The highest BCUT2D eigenvalue weighted by Crippen LogP contribution is 2.29. The lowest BCUT2D eigenvalue weighted by molar-refractivity contribution is -0.136. The van der Waals surface area contributed by atoms with Crippen molar-refractivity contribution in [1.82, 2.24) is 9.99 Å². The van der Waals surface area contributed by atoms with Crippen LogP contribution in [0.5, 0.6) is 0 Å². The first-order valence-corrected chi connectivity index (χ1v) is 10.5. The fraction of sp³-hybridized carbons (Fsp3) is 0.0400. The molecule has 0 spiro atoms. The number of hydrogen-bond donors (Lipinski definition) is 2. The molecular weight excluding hydrogens is 454 g/mol. The van der Waals surface area contributed by atoms with E-state index in [0.29, 0.717) is 11.1 Å². The number of hydrazone groups is 1. The van der Waals surface area contributed by atoms with Crippen LogP contribution in [-0.2, 0) is 10.4 Å². The molecule has 0 unspecified atom stereocenters. The molecule has 0 saturated heterocycles. The normalized spacial score (nSPS) is 11.5. The van der Waals surface area contributed by atoms with Gasteiger partial charge < -0.3 is 9.67 Å². The van der Waals surface area contributed by atoms with E-state index in [1.165, 1.54) is 0 Å². The van der Waals surface area contributed by atoms with Gasteiger partial charge in [-0.25, -0.2) is 5.43 Å². The van der Waals surface area contributed by atoms with Gasteiger partial charge in [-0.2, -0.15) is 5.10 Å². The number of benzene rings is 3. The van der Waals surface area contributed by atoms with Crippen molar-refractivity contribution in [2.75, 3.05) is 0 Å². The van der Waals surface area contributed by atoms with Gasteiger partial charge in [-0.05, 0) is 47.5 Å². The Balaban J connectivity index is 1.59. The number of halogens is 1. The SMILES string of the molecule is O=C(N/N=C\c1cccn1-c1ccc(Br)cc1)C(O)(c1ccccc1)c1ccccc1. The van der Waals surface area contributed by atoms with E-state index in [-0.39, 0.29) is 0 Å². The maximum absolute atomic E-state index is 13.1. The summed E-state index contributed by atoms with van der Waals surface area (Å²) in [5.41, 5.74) is 3.32. The van der Waals surface area contributed by atoms with Crippen LogP contribution in [0.1, 0.15) is 16.8 Å². The predicted molar refractivity (Wildman–Crippen MR) is 125 cm³/mol. The minimum absolute atomic E-state index is 0.465. The zero-order chi connectivity index (χ0) is 21.7. The molecule has 1 aromatic heterocycles. The molecule has 0 saturated carbocycles. The Morgan fingerprint density at radius 3 is 2.03 bits per heavy atom. The van der Waals surface area contributed by atoms with Gasteiger partial charge in [0.25, 0.3) is 5.91 Å². The van der Waals surface area contributed by atoms with Crippen molar-refractivity contribution in [2.24, 2.45) is 5.10 Å². The molecule has 0 fully saturated rings. The number of nitrogens with zero attached hydrogens (tertiary/aromatic N) is 2. The van der Waals surface area contributed by atoms with Crippen molar-refractivity contribution in [1.29, 1.82) is 0 Å². The standard InChI is InChI=1S/C25H20BrN3O2/c26-21-13-15-22(16-14-21)29-17-7-12-23(29)18-27-28-24(30)25(31,19-8-3-1-4-9-19)20-10-5-2-6-11-20/h1-18,31H,(H,28,30)/b27-18-. The molecule has 154 valence electrons. The molecule has 31 heavy (non-hydrogen) atoms. The van der Waals surface area contributed by atoms with Gasteiger partial charge in [-0.3, -0.25) is 4.79 Å². The lowest BCUT2D eigenvalue weighted by atomic mass is 9.85. The van der Waals surface area contributed by atoms with Crippen LogP contribution in [0.2, 0.25) is 0 Å². The van der Waals surface area contributed by atoms with E-state index in [0.717, 1.165) is 15.9 Å². The average molecular weight is 474 g/mol. The summed E-state index contributed by atoms with van der Waals surface area (Å²) in [5.74, 6) is -0.636. The second-order valence-corrected chi connectivity index (χ2v) is 7.84. The highest BCUT2D eigenvalue weighted by Gasteiger charge is 2.39. The third kappa shape index (κ3) is 4.35. The highest BCUT2D eigenvalue weighted by molar-refractivity contribution is 9.10. The summed E-state index contributed by atoms with van der Waals surface area (Å²) in [6, 6.07) is 29.3. The van der Waals surface area contributed by atoms with Crippen molar-refractivity contribution < 1.29 is 9.90 Å². The number of hydrogen-bond acceptors (Lipinski definition) is 3. The molecule has 4 rings (SSSR count). The van der Waals surface area contributed by atoms with Gasteiger partial charge >= 0.3 is 0 Å². The molecule has 3 aromatic carbocycles. The number of carbonyl (C=O) groups excluding carboxylic acids is 1.